The summed E-state index contributed by atoms with van der Waals surface area (Å²) >= 11 is 7.52. The number of thiophene rings is 1. The smallest absolute Gasteiger partial charge is 0.224 e. The molecule has 0 bridgehead atoms. The van der Waals surface area contributed by atoms with E-state index in [1.165, 1.54) is 4.88 Å². The van der Waals surface area contributed by atoms with Crippen LogP contribution in [0.5, 0.6) is 0 Å². The third-order valence-electron chi connectivity index (χ3n) is 2.28. The first kappa shape index (κ1) is 11.4. The number of nitrogens with zero attached hydrogens (tertiary/aromatic N) is 3. The van der Waals surface area contributed by atoms with E-state index in [-0.39, 0.29) is 0 Å². The number of rotatable bonds is 4. The molecule has 2 heterocycles. The lowest BCUT2D eigenvalue weighted by molar-refractivity contribution is 0.864. The SMILES string of the molecule is CN(CCc1cccs1)c1ccnc(Cl)n1. The van der Waals surface area contributed by atoms with Gasteiger partial charge in [-0.3, -0.25) is 0 Å². The van der Waals surface area contributed by atoms with Crippen LogP contribution in [0.15, 0.2) is 29.8 Å². The van der Waals surface area contributed by atoms with Crippen LogP contribution in [-0.4, -0.2) is 23.6 Å². The van der Waals surface area contributed by atoms with Gasteiger partial charge in [0.05, 0.1) is 0 Å². The van der Waals surface area contributed by atoms with Crippen molar-refractivity contribution in [3.8, 4) is 0 Å². The van der Waals surface area contributed by atoms with Gasteiger partial charge in [-0.25, -0.2) is 9.97 Å². The highest BCUT2D eigenvalue weighted by Gasteiger charge is 2.04. The van der Waals surface area contributed by atoms with Gasteiger partial charge in [-0.15, -0.1) is 11.3 Å². The van der Waals surface area contributed by atoms with Crippen LogP contribution in [0.25, 0.3) is 0 Å². The van der Waals surface area contributed by atoms with Gasteiger partial charge in [-0.2, -0.15) is 0 Å². The second kappa shape index (κ2) is 5.27. The fraction of sp³-hybridized carbons (Fsp3) is 0.273. The Hall–Kier alpha value is -1.13. The van der Waals surface area contributed by atoms with Gasteiger partial charge in [-0.1, -0.05) is 6.07 Å². The van der Waals surface area contributed by atoms with Crippen LogP contribution < -0.4 is 4.90 Å². The van der Waals surface area contributed by atoms with Crippen LogP contribution >= 0.6 is 22.9 Å². The van der Waals surface area contributed by atoms with Crippen molar-refractivity contribution in [3.63, 3.8) is 0 Å². The molecule has 2 rings (SSSR count). The Labute approximate surface area is 104 Å². The molecule has 84 valence electrons. The van der Waals surface area contributed by atoms with E-state index in [4.69, 9.17) is 11.6 Å². The summed E-state index contributed by atoms with van der Waals surface area (Å²) in [6.45, 7) is 0.924. The molecule has 0 spiro atoms. The quantitative estimate of drug-likeness (QED) is 0.785. The minimum absolute atomic E-state index is 0.292. The van der Waals surface area contributed by atoms with Gasteiger partial charge in [0.15, 0.2) is 0 Å². The van der Waals surface area contributed by atoms with Crippen LogP contribution in [-0.2, 0) is 6.42 Å². The molecule has 5 heteroatoms. The first-order valence-electron chi connectivity index (χ1n) is 4.98. The van der Waals surface area contributed by atoms with Gasteiger partial charge in [-0.05, 0) is 35.5 Å². The number of hydrogen-bond donors (Lipinski definition) is 0. The molecule has 16 heavy (non-hydrogen) atoms. The Morgan fingerprint density at radius 2 is 2.31 bits per heavy atom. The van der Waals surface area contributed by atoms with Crippen molar-refractivity contribution < 1.29 is 0 Å². The zero-order valence-corrected chi connectivity index (χ0v) is 10.5. The highest BCUT2D eigenvalue weighted by Crippen LogP contribution is 2.13. The molecule has 0 aliphatic heterocycles. The maximum atomic E-state index is 5.74. The summed E-state index contributed by atoms with van der Waals surface area (Å²) in [5.41, 5.74) is 0. The van der Waals surface area contributed by atoms with Crippen LogP contribution in [0, 0.1) is 0 Å². The average Bonchev–Trinajstić information content (AvgIpc) is 2.78. The third-order valence-corrected chi connectivity index (χ3v) is 3.39. The predicted octanol–water partition coefficient (Wildman–Crippen LogP) is 2.87. The van der Waals surface area contributed by atoms with Crippen molar-refractivity contribution in [2.24, 2.45) is 0 Å². The maximum absolute atomic E-state index is 5.74. The maximum Gasteiger partial charge on any atom is 0.224 e. The first-order valence-corrected chi connectivity index (χ1v) is 6.23. The highest BCUT2D eigenvalue weighted by atomic mass is 35.5. The van der Waals surface area contributed by atoms with Gasteiger partial charge in [0, 0.05) is 24.7 Å². The van der Waals surface area contributed by atoms with Crippen LogP contribution in [0.1, 0.15) is 4.88 Å². The third kappa shape index (κ3) is 2.93. The summed E-state index contributed by atoms with van der Waals surface area (Å²) in [4.78, 5) is 11.5. The Morgan fingerprint density at radius 1 is 1.44 bits per heavy atom. The number of hydrogen-bond acceptors (Lipinski definition) is 4. The van der Waals surface area contributed by atoms with Crippen LogP contribution in [0.4, 0.5) is 5.82 Å². The average molecular weight is 254 g/mol. The summed E-state index contributed by atoms with van der Waals surface area (Å²) in [6.07, 6.45) is 2.70. The zero-order chi connectivity index (χ0) is 11.4. The van der Waals surface area contributed by atoms with E-state index in [9.17, 15) is 0 Å². The van der Waals surface area contributed by atoms with E-state index in [0.29, 0.717) is 5.28 Å². The molecule has 2 aromatic rings. The fourth-order valence-electron chi connectivity index (χ4n) is 1.39. The Bertz CT molecular complexity index is 444. The van der Waals surface area contributed by atoms with E-state index in [2.05, 4.69) is 32.4 Å². The molecule has 0 amide bonds. The lowest BCUT2D eigenvalue weighted by Crippen LogP contribution is -2.21. The standard InChI is InChI=1S/C11H12ClN3S/c1-15(7-5-9-3-2-8-16-9)10-4-6-13-11(12)14-10/h2-4,6,8H,5,7H2,1H3. The molecule has 0 unspecified atom stereocenters. The van der Waals surface area contributed by atoms with Crippen molar-refractivity contribution in [3.05, 3.63) is 39.9 Å². The summed E-state index contributed by atoms with van der Waals surface area (Å²) in [7, 11) is 2.01. The molecule has 0 radical (unpaired) electrons. The second-order valence-electron chi connectivity index (χ2n) is 3.43. The summed E-state index contributed by atoms with van der Waals surface area (Å²) in [5.74, 6) is 0.858. The zero-order valence-electron chi connectivity index (χ0n) is 8.93. The van der Waals surface area contributed by atoms with Gasteiger partial charge >= 0.3 is 0 Å². The van der Waals surface area contributed by atoms with Gasteiger partial charge in [0.2, 0.25) is 5.28 Å². The van der Waals surface area contributed by atoms with Crippen molar-refractivity contribution in [1.29, 1.82) is 0 Å². The van der Waals surface area contributed by atoms with Gasteiger partial charge < -0.3 is 4.90 Å². The van der Waals surface area contributed by atoms with E-state index >= 15 is 0 Å². The largest absolute Gasteiger partial charge is 0.359 e. The lowest BCUT2D eigenvalue weighted by atomic mass is 10.3. The van der Waals surface area contributed by atoms with Crippen molar-refractivity contribution in [1.82, 2.24) is 9.97 Å². The molecule has 0 saturated heterocycles. The molecule has 3 nitrogen and oxygen atoms in total. The molecule has 0 aromatic carbocycles. The molecule has 0 atom stereocenters. The molecule has 0 N–H and O–H groups in total. The molecule has 0 saturated carbocycles. The van der Waals surface area contributed by atoms with E-state index in [0.717, 1.165) is 18.8 Å². The normalized spacial score (nSPS) is 10.4. The first-order chi connectivity index (χ1) is 7.75. The van der Waals surface area contributed by atoms with Crippen molar-refractivity contribution in [2.75, 3.05) is 18.5 Å². The topological polar surface area (TPSA) is 29.0 Å². The Morgan fingerprint density at radius 3 is 3.00 bits per heavy atom. The fourth-order valence-corrected chi connectivity index (χ4v) is 2.23. The molecular weight excluding hydrogens is 242 g/mol. The van der Waals surface area contributed by atoms with E-state index < -0.39 is 0 Å². The van der Waals surface area contributed by atoms with Crippen LogP contribution in [0.2, 0.25) is 5.28 Å². The second-order valence-corrected chi connectivity index (χ2v) is 4.81. The minimum Gasteiger partial charge on any atom is -0.359 e. The number of anilines is 1. The summed E-state index contributed by atoms with van der Waals surface area (Å²) in [5, 5.41) is 2.39. The Kier molecular flexibility index (Phi) is 3.74. The molecule has 0 aliphatic rings. The minimum atomic E-state index is 0.292. The Balaban J connectivity index is 1.95. The molecule has 2 aromatic heterocycles. The summed E-state index contributed by atoms with van der Waals surface area (Å²) in [6, 6.07) is 6.08. The monoisotopic (exact) mass is 253 g/mol. The van der Waals surface area contributed by atoms with Crippen molar-refractivity contribution in [2.45, 2.75) is 6.42 Å². The molecule has 0 fully saturated rings. The molecule has 0 aliphatic carbocycles. The molecular formula is C11H12ClN3S. The summed E-state index contributed by atoms with van der Waals surface area (Å²) < 4.78 is 0. The number of aromatic nitrogens is 2. The highest BCUT2D eigenvalue weighted by molar-refractivity contribution is 7.09. The predicted molar refractivity (Wildman–Crippen MR) is 68.3 cm³/mol. The van der Waals surface area contributed by atoms with Gasteiger partial charge in [0.1, 0.15) is 5.82 Å². The number of halogens is 1. The van der Waals surface area contributed by atoms with E-state index in [1.807, 2.05) is 13.1 Å². The number of likely N-dealkylation sites (N-methyl/N-ethyl adjacent to an activating group) is 1. The van der Waals surface area contributed by atoms with E-state index in [1.54, 1.807) is 17.5 Å². The van der Waals surface area contributed by atoms with Gasteiger partial charge in [0.25, 0.3) is 0 Å². The lowest BCUT2D eigenvalue weighted by Gasteiger charge is -2.17. The van der Waals surface area contributed by atoms with Crippen LogP contribution in [0.3, 0.4) is 0 Å². The van der Waals surface area contributed by atoms with Crippen molar-refractivity contribution >= 4 is 28.8 Å².